The maximum atomic E-state index is 13.9. The number of aromatic carboxylic acids is 1. The van der Waals surface area contributed by atoms with Gasteiger partial charge < -0.3 is 20.3 Å². The zero-order chi connectivity index (χ0) is 31.1. The molecule has 1 aromatic heterocycles. The van der Waals surface area contributed by atoms with Gasteiger partial charge in [0.1, 0.15) is 0 Å². The fourth-order valence-electron chi connectivity index (χ4n) is 5.39. The van der Waals surface area contributed by atoms with Crippen LogP contribution in [0.25, 0.3) is 10.9 Å². The fourth-order valence-corrected chi connectivity index (χ4v) is 5.39. The number of nitrogens with one attached hydrogen (secondary N) is 2. The third-order valence-electron chi connectivity index (χ3n) is 7.86. The SMILES string of the molecule is N#Cc1cccc(Nc2ccc(C(=O)NC3(c4ccc(C(=O)O)cc4)CC3)c3c2ccn3Cc2ccc(C(F)(F)F)cc2)c1. The summed E-state index contributed by atoms with van der Waals surface area (Å²) in [6, 6.07) is 25.8. The number of carbonyl (C=O) groups is 2. The highest BCUT2D eigenvalue weighted by molar-refractivity contribution is 6.10. The molecule has 0 atom stereocenters. The topological polar surface area (TPSA) is 107 Å². The molecule has 7 nitrogen and oxygen atoms in total. The second kappa shape index (κ2) is 10.9. The minimum atomic E-state index is -4.44. The highest BCUT2D eigenvalue weighted by Gasteiger charge is 2.46. The first-order chi connectivity index (χ1) is 21.1. The molecule has 1 aliphatic carbocycles. The van der Waals surface area contributed by atoms with Gasteiger partial charge in [0.15, 0.2) is 0 Å². The van der Waals surface area contributed by atoms with Gasteiger partial charge in [0.2, 0.25) is 0 Å². The number of hydrogen-bond acceptors (Lipinski definition) is 4. The van der Waals surface area contributed by atoms with Gasteiger partial charge in [-0.05, 0) is 84.6 Å². The van der Waals surface area contributed by atoms with E-state index in [9.17, 15) is 33.1 Å². The van der Waals surface area contributed by atoms with E-state index in [0.29, 0.717) is 51.8 Å². The highest BCUT2D eigenvalue weighted by atomic mass is 19.4. The number of nitriles is 1. The molecule has 0 saturated heterocycles. The predicted octanol–water partition coefficient (Wildman–Crippen LogP) is 7.44. The number of hydrogen-bond donors (Lipinski definition) is 3. The monoisotopic (exact) mass is 594 g/mol. The smallest absolute Gasteiger partial charge is 0.416 e. The number of anilines is 2. The molecule has 10 heteroatoms. The zero-order valence-corrected chi connectivity index (χ0v) is 23.2. The van der Waals surface area contributed by atoms with Crippen molar-refractivity contribution in [2.45, 2.75) is 31.1 Å². The van der Waals surface area contributed by atoms with E-state index in [1.165, 1.54) is 24.3 Å². The van der Waals surface area contributed by atoms with Crippen molar-refractivity contribution >= 4 is 34.2 Å². The number of nitrogens with zero attached hydrogens (tertiary/aromatic N) is 2. The van der Waals surface area contributed by atoms with Gasteiger partial charge in [-0.15, -0.1) is 0 Å². The van der Waals surface area contributed by atoms with Crippen LogP contribution in [-0.4, -0.2) is 21.6 Å². The van der Waals surface area contributed by atoms with E-state index < -0.39 is 23.2 Å². The van der Waals surface area contributed by atoms with E-state index >= 15 is 0 Å². The molecule has 1 heterocycles. The first-order valence-electron chi connectivity index (χ1n) is 13.8. The number of carboxylic acids is 1. The third-order valence-corrected chi connectivity index (χ3v) is 7.86. The molecule has 1 saturated carbocycles. The van der Waals surface area contributed by atoms with Crippen molar-refractivity contribution in [1.29, 1.82) is 5.26 Å². The fraction of sp³-hybridized carbons (Fsp3) is 0.147. The Morgan fingerprint density at radius 3 is 2.32 bits per heavy atom. The molecule has 0 spiro atoms. The maximum Gasteiger partial charge on any atom is 0.416 e. The van der Waals surface area contributed by atoms with Crippen LogP contribution in [0.1, 0.15) is 55.8 Å². The van der Waals surface area contributed by atoms with E-state index in [1.807, 2.05) is 16.7 Å². The van der Waals surface area contributed by atoms with Crippen LogP contribution < -0.4 is 10.6 Å². The summed E-state index contributed by atoms with van der Waals surface area (Å²) >= 11 is 0. The number of fused-ring (bicyclic) bond motifs is 1. The Hall–Kier alpha value is -5.56. The molecule has 1 aliphatic rings. The Morgan fingerprint density at radius 1 is 0.955 bits per heavy atom. The molecule has 1 amide bonds. The van der Waals surface area contributed by atoms with Crippen LogP contribution in [0.15, 0.2) is 97.2 Å². The lowest BCUT2D eigenvalue weighted by molar-refractivity contribution is -0.137. The maximum absolute atomic E-state index is 13.9. The Labute approximate surface area is 250 Å². The van der Waals surface area contributed by atoms with E-state index in [1.54, 1.807) is 48.7 Å². The van der Waals surface area contributed by atoms with Crippen LogP contribution >= 0.6 is 0 Å². The van der Waals surface area contributed by atoms with Crippen LogP contribution in [0, 0.1) is 11.3 Å². The minimum absolute atomic E-state index is 0.155. The average Bonchev–Trinajstić information content (AvgIpc) is 3.68. The van der Waals surface area contributed by atoms with Crippen molar-refractivity contribution in [3.63, 3.8) is 0 Å². The molecule has 1 fully saturated rings. The summed E-state index contributed by atoms with van der Waals surface area (Å²) in [5.41, 5.74) is 3.03. The number of carbonyl (C=O) groups excluding carboxylic acids is 1. The van der Waals surface area contributed by atoms with Crippen LogP contribution in [-0.2, 0) is 18.3 Å². The van der Waals surface area contributed by atoms with E-state index in [2.05, 4.69) is 16.7 Å². The van der Waals surface area contributed by atoms with Gasteiger partial charge >= 0.3 is 12.1 Å². The van der Waals surface area contributed by atoms with Crippen LogP contribution in [0.3, 0.4) is 0 Å². The summed E-state index contributed by atoms with van der Waals surface area (Å²) in [7, 11) is 0. The highest BCUT2D eigenvalue weighted by Crippen LogP contribution is 2.46. The van der Waals surface area contributed by atoms with E-state index in [-0.39, 0.29) is 18.0 Å². The van der Waals surface area contributed by atoms with Gasteiger partial charge in [0.25, 0.3) is 5.91 Å². The van der Waals surface area contributed by atoms with Crippen LogP contribution in [0.4, 0.5) is 24.5 Å². The number of amides is 1. The molecular formula is C34H25F3N4O3. The molecule has 0 unspecified atom stereocenters. The Balaban J connectivity index is 1.37. The van der Waals surface area contributed by atoms with E-state index in [0.717, 1.165) is 17.7 Å². The average molecular weight is 595 g/mol. The van der Waals surface area contributed by atoms with Gasteiger partial charge in [-0.3, -0.25) is 4.79 Å². The molecule has 0 aliphatic heterocycles. The van der Waals surface area contributed by atoms with Crippen molar-refractivity contribution in [3.05, 3.63) is 131 Å². The minimum Gasteiger partial charge on any atom is -0.478 e. The molecule has 3 N–H and O–H groups in total. The second-order valence-corrected chi connectivity index (χ2v) is 10.8. The predicted molar refractivity (Wildman–Crippen MR) is 159 cm³/mol. The van der Waals surface area contributed by atoms with Crippen molar-refractivity contribution in [2.75, 3.05) is 5.32 Å². The lowest BCUT2D eigenvalue weighted by atomic mass is 10.0. The summed E-state index contributed by atoms with van der Waals surface area (Å²) in [6.45, 7) is 0.219. The molecule has 44 heavy (non-hydrogen) atoms. The number of benzene rings is 4. The summed E-state index contributed by atoms with van der Waals surface area (Å²) in [5.74, 6) is -1.37. The summed E-state index contributed by atoms with van der Waals surface area (Å²) in [4.78, 5) is 25.2. The van der Waals surface area contributed by atoms with E-state index in [4.69, 9.17) is 0 Å². The molecule has 4 aromatic carbocycles. The molecule has 220 valence electrons. The Morgan fingerprint density at radius 2 is 1.68 bits per heavy atom. The number of aromatic nitrogens is 1. The normalized spacial score (nSPS) is 13.7. The first-order valence-corrected chi connectivity index (χ1v) is 13.8. The molecule has 6 rings (SSSR count). The summed E-state index contributed by atoms with van der Waals surface area (Å²) in [6.07, 6.45) is -1.28. The van der Waals surface area contributed by atoms with Crippen molar-refractivity contribution in [1.82, 2.24) is 9.88 Å². The molecular weight excluding hydrogens is 569 g/mol. The number of halogens is 3. The standard InChI is InChI=1S/C34H25F3N4O3/c35-34(36,37)25-8-4-21(5-9-25)20-41-17-14-27-29(39-26-3-1-2-22(18-26)19-38)13-12-28(30(27)41)31(42)40-33(15-16-33)24-10-6-23(7-11-24)32(43)44/h1-14,17-18,39H,15-16,20H2,(H,40,42)(H,43,44). The lowest BCUT2D eigenvalue weighted by Gasteiger charge is -2.20. The third kappa shape index (κ3) is 5.60. The Bertz CT molecular complexity index is 1930. The largest absolute Gasteiger partial charge is 0.478 e. The second-order valence-electron chi connectivity index (χ2n) is 10.8. The van der Waals surface area contributed by atoms with Gasteiger partial charge in [0, 0.05) is 29.5 Å². The van der Waals surface area contributed by atoms with Crippen LogP contribution in [0.5, 0.6) is 0 Å². The molecule has 0 radical (unpaired) electrons. The van der Waals surface area contributed by atoms with Gasteiger partial charge in [-0.2, -0.15) is 18.4 Å². The summed E-state index contributed by atoms with van der Waals surface area (Å²) < 4.78 is 41.2. The summed E-state index contributed by atoms with van der Waals surface area (Å²) in [5, 5.41) is 25.7. The quantitative estimate of drug-likeness (QED) is 0.173. The number of rotatable bonds is 8. The first kappa shape index (κ1) is 28.6. The van der Waals surface area contributed by atoms with Crippen molar-refractivity contribution in [3.8, 4) is 6.07 Å². The number of carboxylic acid groups (broad SMARTS) is 1. The Kier molecular flexibility index (Phi) is 7.09. The lowest BCUT2D eigenvalue weighted by Crippen LogP contribution is -2.35. The van der Waals surface area contributed by atoms with Crippen LogP contribution in [0.2, 0.25) is 0 Å². The van der Waals surface area contributed by atoms with Crippen molar-refractivity contribution in [2.24, 2.45) is 0 Å². The van der Waals surface area contributed by atoms with Gasteiger partial charge in [0.05, 0.1) is 39.4 Å². The van der Waals surface area contributed by atoms with Crippen molar-refractivity contribution < 1.29 is 27.9 Å². The molecule has 0 bridgehead atoms. The zero-order valence-electron chi connectivity index (χ0n) is 23.2. The van der Waals surface area contributed by atoms with Gasteiger partial charge in [-0.25, -0.2) is 4.79 Å². The number of alkyl halides is 3. The van der Waals surface area contributed by atoms with Gasteiger partial charge in [-0.1, -0.05) is 30.3 Å². The molecule has 5 aromatic rings.